The van der Waals surface area contributed by atoms with Gasteiger partial charge in [-0.1, -0.05) is 38.7 Å². The van der Waals surface area contributed by atoms with E-state index >= 15 is 0 Å². The van der Waals surface area contributed by atoms with Crippen molar-refractivity contribution in [3.05, 3.63) is 23.8 Å². The van der Waals surface area contributed by atoms with Crippen molar-refractivity contribution in [3.63, 3.8) is 0 Å². The molecule has 2 unspecified atom stereocenters. The van der Waals surface area contributed by atoms with Gasteiger partial charge >= 0.3 is 0 Å². The molecule has 0 aliphatic rings. The Balaban J connectivity index is 2.47. The Kier molecular flexibility index (Phi) is 7.45. The molecule has 1 aromatic rings. The number of nitrogens with one attached hydrogen (secondary N) is 1. The van der Waals surface area contributed by atoms with E-state index in [-0.39, 0.29) is 11.8 Å². The summed E-state index contributed by atoms with van der Waals surface area (Å²) in [5.74, 6) is 0.725. The van der Waals surface area contributed by atoms with Crippen molar-refractivity contribution in [2.45, 2.75) is 65.0 Å². The minimum absolute atomic E-state index is 0.191. The fraction of sp³-hybridized carbons (Fsp3) is 0.647. The average molecular weight is 279 g/mol. The van der Waals surface area contributed by atoms with Crippen LogP contribution in [0.1, 0.15) is 64.5 Å². The summed E-state index contributed by atoms with van der Waals surface area (Å²) in [6.45, 7) is 6.62. The first-order valence-electron chi connectivity index (χ1n) is 7.71. The zero-order chi connectivity index (χ0) is 15.0. The van der Waals surface area contributed by atoms with E-state index in [1.165, 1.54) is 32.1 Å². The first-order chi connectivity index (χ1) is 9.58. The number of benzene rings is 1. The molecule has 0 fully saturated rings. The third-order valence-corrected chi connectivity index (χ3v) is 3.73. The maximum Gasteiger partial charge on any atom is 0.160 e. The smallest absolute Gasteiger partial charge is 0.160 e. The zero-order valence-corrected chi connectivity index (χ0v) is 13.3. The second-order valence-electron chi connectivity index (χ2n) is 5.57. The van der Waals surface area contributed by atoms with Gasteiger partial charge in [0.25, 0.3) is 0 Å². The van der Waals surface area contributed by atoms with Crippen molar-refractivity contribution >= 4 is 0 Å². The van der Waals surface area contributed by atoms with Crippen molar-refractivity contribution < 1.29 is 9.84 Å². The lowest BCUT2D eigenvalue weighted by Gasteiger charge is -2.21. The molecule has 114 valence electrons. The molecular weight excluding hydrogens is 250 g/mol. The molecule has 0 bridgehead atoms. The van der Waals surface area contributed by atoms with E-state index in [2.05, 4.69) is 26.1 Å². The van der Waals surface area contributed by atoms with Gasteiger partial charge in [-0.3, -0.25) is 0 Å². The van der Waals surface area contributed by atoms with Crippen LogP contribution in [0.25, 0.3) is 0 Å². The normalized spacial score (nSPS) is 14.0. The molecule has 3 heteroatoms. The first-order valence-corrected chi connectivity index (χ1v) is 7.71. The molecule has 0 spiro atoms. The molecule has 1 aromatic carbocycles. The second-order valence-corrected chi connectivity index (χ2v) is 5.57. The van der Waals surface area contributed by atoms with Crippen LogP contribution in [0, 0.1) is 0 Å². The number of ether oxygens (including phenoxy) is 1. The molecule has 0 amide bonds. The standard InChI is InChI=1S/C17H29NO2/c1-5-6-7-8-9-13(2)18-14(3)15-10-11-16(19)17(12-15)20-4/h10-14,18-19H,5-9H2,1-4H3. The van der Waals surface area contributed by atoms with Crippen LogP contribution < -0.4 is 10.1 Å². The van der Waals surface area contributed by atoms with Gasteiger partial charge in [-0.25, -0.2) is 0 Å². The number of hydrogen-bond donors (Lipinski definition) is 2. The van der Waals surface area contributed by atoms with Crippen LogP contribution in [0.2, 0.25) is 0 Å². The second kappa shape index (κ2) is 8.85. The van der Waals surface area contributed by atoms with Crippen LogP contribution in [0.4, 0.5) is 0 Å². The van der Waals surface area contributed by atoms with Gasteiger partial charge in [-0.2, -0.15) is 0 Å². The largest absolute Gasteiger partial charge is 0.504 e. The third kappa shape index (κ3) is 5.41. The monoisotopic (exact) mass is 279 g/mol. The maximum atomic E-state index is 9.62. The molecule has 1 rings (SSSR count). The summed E-state index contributed by atoms with van der Waals surface area (Å²) in [6.07, 6.45) is 6.43. The molecule has 0 aliphatic heterocycles. The molecule has 0 saturated carbocycles. The van der Waals surface area contributed by atoms with E-state index in [1.807, 2.05) is 12.1 Å². The molecule has 0 radical (unpaired) electrons. The van der Waals surface area contributed by atoms with E-state index in [0.29, 0.717) is 11.8 Å². The van der Waals surface area contributed by atoms with E-state index < -0.39 is 0 Å². The summed E-state index contributed by atoms with van der Waals surface area (Å²) in [5.41, 5.74) is 1.14. The number of aromatic hydroxyl groups is 1. The van der Waals surface area contributed by atoms with Crippen molar-refractivity contribution in [2.24, 2.45) is 0 Å². The lowest BCUT2D eigenvalue weighted by molar-refractivity contribution is 0.371. The Morgan fingerprint density at radius 3 is 2.60 bits per heavy atom. The third-order valence-electron chi connectivity index (χ3n) is 3.73. The topological polar surface area (TPSA) is 41.5 Å². The number of hydrogen-bond acceptors (Lipinski definition) is 3. The number of rotatable bonds is 9. The van der Waals surface area contributed by atoms with Crippen molar-refractivity contribution in [3.8, 4) is 11.5 Å². The summed E-state index contributed by atoms with van der Waals surface area (Å²) >= 11 is 0. The maximum absolute atomic E-state index is 9.62. The lowest BCUT2D eigenvalue weighted by Crippen LogP contribution is -2.28. The van der Waals surface area contributed by atoms with E-state index in [0.717, 1.165) is 5.56 Å². The van der Waals surface area contributed by atoms with Gasteiger partial charge in [-0.05, 0) is 38.0 Å². The summed E-state index contributed by atoms with van der Waals surface area (Å²) in [4.78, 5) is 0. The average Bonchev–Trinajstić information content (AvgIpc) is 2.44. The molecule has 2 atom stereocenters. The predicted molar refractivity (Wildman–Crippen MR) is 84.4 cm³/mol. The highest BCUT2D eigenvalue weighted by molar-refractivity contribution is 5.42. The van der Waals surface area contributed by atoms with E-state index in [4.69, 9.17) is 4.74 Å². The molecule has 2 N–H and O–H groups in total. The molecule has 0 aromatic heterocycles. The van der Waals surface area contributed by atoms with Gasteiger partial charge in [-0.15, -0.1) is 0 Å². The van der Waals surface area contributed by atoms with Crippen molar-refractivity contribution in [2.75, 3.05) is 7.11 Å². The molecule has 0 saturated heterocycles. The Morgan fingerprint density at radius 2 is 1.95 bits per heavy atom. The van der Waals surface area contributed by atoms with E-state index in [9.17, 15) is 5.11 Å². The fourth-order valence-electron chi connectivity index (χ4n) is 2.45. The summed E-state index contributed by atoms with van der Waals surface area (Å²) < 4.78 is 5.15. The zero-order valence-electron chi connectivity index (χ0n) is 13.3. The number of methoxy groups -OCH3 is 1. The summed E-state index contributed by atoms with van der Waals surface area (Å²) in [7, 11) is 1.58. The first kappa shape index (κ1) is 16.8. The Bertz CT molecular complexity index is 393. The number of phenolic OH excluding ortho intramolecular Hbond substituents is 1. The van der Waals surface area contributed by atoms with Gasteiger partial charge in [0.2, 0.25) is 0 Å². The Morgan fingerprint density at radius 1 is 1.20 bits per heavy atom. The van der Waals surface area contributed by atoms with Crippen LogP contribution in [0.3, 0.4) is 0 Å². The SMILES string of the molecule is CCCCCCC(C)NC(C)c1ccc(O)c(OC)c1. The van der Waals surface area contributed by atoms with Crippen LogP contribution in [0.15, 0.2) is 18.2 Å². The van der Waals surface area contributed by atoms with Crippen molar-refractivity contribution in [1.82, 2.24) is 5.32 Å². The molecule has 20 heavy (non-hydrogen) atoms. The quantitative estimate of drug-likeness (QED) is 0.658. The number of unbranched alkanes of at least 4 members (excludes halogenated alkanes) is 3. The number of phenols is 1. The van der Waals surface area contributed by atoms with Gasteiger partial charge in [0.1, 0.15) is 0 Å². The Hall–Kier alpha value is -1.22. The summed E-state index contributed by atoms with van der Waals surface area (Å²) in [6, 6.07) is 6.29. The molecule has 3 nitrogen and oxygen atoms in total. The Labute approximate surface area is 123 Å². The van der Waals surface area contributed by atoms with Crippen LogP contribution in [0.5, 0.6) is 11.5 Å². The predicted octanol–water partition coefficient (Wildman–Crippen LogP) is 4.41. The van der Waals surface area contributed by atoms with Gasteiger partial charge in [0.05, 0.1) is 7.11 Å². The minimum atomic E-state index is 0.191. The highest BCUT2D eigenvalue weighted by atomic mass is 16.5. The van der Waals surface area contributed by atoms with Crippen LogP contribution in [-0.2, 0) is 0 Å². The highest BCUT2D eigenvalue weighted by Gasteiger charge is 2.11. The van der Waals surface area contributed by atoms with Gasteiger partial charge in [0, 0.05) is 12.1 Å². The van der Waals surface area contributed by atoms with Crippen molar-refractivity contribution in [1.29, 1.82) is 0 Å². The van der Waals surface area contributed by atoms with Crippen LogP contribution in [-0.4, -0.2) is 18.3 Å². The van der Waals surface area contributed by atoms with Crippen LogP contribution >= 0.6 is 0 Å². The molecule has 0 aliphatic carbocycles. The fourth-order valence-corrected chi connectivity index (χ4v) is 2.45. The lowest BCUT2D eigenvalue weighted by atomic mass is 10.0. The van der Waals surface area contributed by atoms with Gasteiger partial charge < -0.3 is 15.2 Å². The van der Waals surface area contributed by atoms with E-state index in [1.54, 1.807) is 13.2 Å². The molecular formula is C17H29NO2. The summed E-state index contributed by atoms with van der Waals surface area (Å²) in [5, 5.41) is 13.2. The molecule has 0 heterocycles. The highest BCUT2D eigenvalue weighted by Crippen LogP contribution is 2.29. The van der Waals surface area contributed by atoms with Gasteiger partial charge in [0.15, 0.2) is 11.5 Å². The minimum Gasteiger partial charge on any atom is -0.504 e.